The van der Waals surface area contributed by atoms with Crippen molar-refractivity contribution in [3.63, 3.8) is 0 Å². The molecule has 9 nitrogen and oxygen atoms in total. The van der Waals surface area contributed by atoms with Gasteiger partial charge in [0, 0.05) is 44.1 Å². The van der Waals surface area contributed by atoms with Gasteiger partial charge in [-0.1, -0.05) is 25.7 Å². The fraction of sp³-hybridized carbons (Fsp3) is 0.542. The first-order valence-corrected chi connectivity index (χ1v) is 12.0. The summed E-state index contributed by atoms with van der Waals surface area (Å²) >= 11 is 0. The van der Waals surface area contributed by atoms with Crippen LogP contribution in [0.3, 0.4) is 0 Å². The Morgan fingerprint density at radius 1 is 1.03 bits per heavy atom. The van der Waals surface area contributed by atoms with Gasteiger partial charge >= 0.3 is 0 Å². The van der Waals surface area contributed by atoms with Crippen molar-refractivity contribution >= 4 is 11.8 Å². The highest BCUT2D eigenvalue weighted by atomic mass is 16.5. The summed E-state index contributed by atoms with van der Waals surface area (Å²) in [4.78, 5) is 4.52. The van der Waals surface area contributed by atoms with E-state index >= 15 is 0 Å². The molecule has 33 heavy (non-hydrogen) atoms. The molecule has 1 aromatic carbocycles. The molecule has 2 aromatic rings. The van der Waals surface area contributed by atoms with Gasteiger partial charge in [-0.2, -0.15) is 0 Å². The molecule has 0 saturated heterocycles. The lowest BCUT2D eigenvalue weighted by Gasteiger charge is -2.15. The second-order valence-electron chi connectivity index (χ2n) is 8.35. The van der Waals surface area contributed by atoms with Gasteiger partial charge in [-0.05, 0) is 43.5 Å². The molecule has 0 spiro atoms. The molecule has 0 bridgehead atoms. The van der Waals surface area contributed by atoms with Crippen molar-refractivity contribution in [3.05, 3.63) is 47.8 Å². The summed E-state index contributed by atoms with van der Waals surface area (Å²) < 4.78 is 9.82. The number of guanidine groups is 1. The number of nitrogens with zero attached hydrogens (tertiary/aromatic N) is 3. The summed E-state index contributed by atoms with van der Waals surface area (Å²) in [6, 6.07) is 8.03. The lowest BCUT2D eigenvalue weighted by molar-refractivity contribution is 0.294. The molecule has 6 N–H and O–H groups in total. The highest BCUT2D eigenvalue weighted by Gasteiger charge is 2.07. The summed E-state index contributed by atoms with van der Waals surface area (Å²) in [5.74, 6) is 1.85. The smallest absolute Gasteiger partial charge is 0.202 e. The third-order valence-electron chi connectivity index (χ3n) is 5.74. The maximum Gasteiger partial charge on any atom is 0.202 e. The fourth-order valence-electron chi connectivity index (χ4n) is 3.86. The van der Waals surface area contributed by atoms with Crippen LogP contribution in [0.5, 0.6) is 5.75 Å². The van der Waals surface area contributed by atoms with Gasteiger partial charge in [-0.25, -0.2) is 0 Å². The van der Waals surface area contributed by atoms with Crippen LogP contribution in [0, 0.1) is 10.8 Å². The van der Waals surface area contributed by atoms with Gasteiger partial charge in [0.05, 0.1) is 6.54 Å². The molecule has 1 aromatic heterocycles. The second-order valence-corrected chi connectivity index (χ2v) is 8.35. The van der Waals surface area contributed by atoms with Crippen LogP contribution in [-0.2, 0) is 13.1 Å². The Labute approximate surface area is 196 Å². The topological polar surface area (TPSA) is 129 Å². The minimum atomic E-state index is 0.0499. The van der Waals surface area contributed by atoms with Crippen LogP contribution in [0.1, 0.15) is 50.5 Å². The molecule has 9 heteroatoms. The van der Waals surface area contributed by atoms with E-state index in [1.807, 2.05) is 45.8 Å². The Hall–Kier alpha value is -3.23. The predicted octanol–water partition coefficient (Wildman–Crippen LogP) is 2.41. The van der Waals surface area contributed by atoms with Crippen LogP contribution in [0.15, 0.2) is 41.7 Å². The number of unbranched alkanes of at least 4 members (excludes halogenated alkanes) is 5. The van der Waals surface area contributed by atoms with Crippen molar-refractivity contribution in [2.75, 3.05) is 26.2 Å². The first kappa shape index (κ1) is 24.4. The number of aromatic nitrogens is 2. The average Bonchev–Trinajstić information content (AvgIpc) is 3.18. The summed E-state index contributed by atoms with van der Waals surface area (Å²) in [6.45, 7) is 4.69. The highest BCUT2D eigenvalue weighted by molar-refractivity contribution is 5.99. The lowest BCUT2D eigenvalue weighted by Crippen LogP contribution is -2.30. The average molecular weight is 455 g/mol. The van der Waals surface area contributed by atoms with Crippen molar-refractivity contribution in [1.29, 1.82) is 10.8 Å². The zero-order chi connectivity index (χ0) is 23.3. The molecule has 180 valence electrons. The molecule has 1 aliphatic rings. The first-order valence-electron chi connectivity index (χ1n) is 12.0. The minimum absolute atomic E-state index is 0.0499. The van der Waals surface area contributed by atoms with E-state index in [4.69, 9.17) is 21.3 Å². The van der Waals surface area contributed by atoms with Gasteiger partial charge in [-0.3, -0.25) is 15.8 Å². The Morgan fingerprint density at radius 3 is 2.42 bits per heavy atom. The molecular formula is C24H38N8O. The fourth-order valence-corrected chi connectivity index (χ4v) is 3.86. The molecule has 0 aliphatic carbocycles. The predicted molar refractivity (Wildman–Crippen MR) is 132 cm³/mol. The van der Waals surface area contributed by atoms with E-state index in [2.05, 4.69) is 15.6 Å². The van der Waals surface area contributed by atoms with Gasteiger partial charge in [-0.15, -0.1) is 0 Å². The maximum absolute atomic E-state index is 8.39. The van der Waals surface area contributed by atoms with Crippen LogP contribution >= 0.6 is 0 Å². The van der Waals surface area contributed by atoms with Crippen LogP contribution in [-0.4, -0.2) is 47.2 Å². The Bertz CT molecular complexity index is 944. The van der Waals surface area contributed by atoms with E-state index in [1.165, 1.54) is 19.3 Å². The zero-order valence-corrected chi connectivity index (χ0v) is 19.5. The van der Waals surface area contributed by atoms with Crippen molar-refractivity contribution in [3.8, 4) is 5.75 Å². The summed E-state index contributed by atoms with van der Waals surface area (Å²) in [5, 5.41) is 21.7. The van der Waals surface area contributed by atoms with Crippen molar-refractivity contribution < 1.29 is 4.74 Å². The van der Waals surface area contributed by atoms with Crippen LogP contribution in [0.25, 0.3) is 0 Å². The van der Waals surface area contributed by atoms with Gasteiger partial charge < -0.3 is 30.2 Å². The van der Waals surface area contributed by atoms with Crippen molar-refractivity contribution in [2.45, 2.75) is 58.0 Å². The second kappa shape index (κ2) is 13.3. The molecule has 0 fully saturated rings. The first-order chi connectivity index (χ1) is 16.1. The standard InChI is InChI=1S/C24H38N8O/c25-23(26)30-12-5-3-1-2-4-6-15-31-16-17-32(24(31)27)18-19-33-21-10-8-20(9-11-21)22-28-13-7-14-29-22/h8-11,16-17,27H,1-7,12-15,18-19H2,(H,28,29)(H4,25,26,30). The summed E-state index contributed by atoms with van der Waals surface area (Å²) in [5.41, 5.74) is 6.87. The number of benzene rings is 1. The number of amidine groups is 1. The maximum atomic E-state index is 8.39. The van der Waals surface area contributed by atoms with Gasteiger partial charge in [0.25, 0.3) is 0 Å². The van der Waals surface area contributed by atoms with Gasteiger partial charge in [0.15, 0.2) is 5.96 Å². The van der Waals surface area contributed by atoms with E-state index in [1.54, 1.807) is 0 Å². The summed E-state index contributed by atoms with van der Waals surface area (Å²) in [6.07, 6.45) is 11.9. The van der Waals surface area contributed by atoms with E-state index in [0.717, 1.165) is 69.0 Å². The zero-order valence-electron chi connectivity index (χ0n) is 19.5. The largest absolute Gasteiger partial charge is 0.492 e. The molecule has 0 saturated carbocycles. The number of ether oxygens (including phenoxy) is 1. The Balaban J connectivity index is 1.31. The number of hydrogen-bond donors (Lipinski definition) is 5. The van der Waals surface area contributed by atoms with Crippen LogP contribution in [0.4, 0.5) is 0 Å². The third kappa shape index (κ3) is 8.32. The van der Waals surface area contributed by atoms with Crippen LogP contribution in [0.2, 0.25) is 0 Å². The number of imidazole rings is 1. The Morgan fingerprint density at radius 2 is 1.73 bits per heavy atom. The summed E-state index contributed by atoms with van der Waals surface area (Å²) in [7, 11) is 0. The number of hydrogen-bond acceptors (Lipinski definition) is 5. The SMILES string of the molecule is N=C(N)NCCCCCCCCn1ccn(CCOc2ccc(C3=NCCCN3)cc2)c1=N. The quantitative estimate of drug-likeness (QED) is 0.170. The molecule has 0 atom stereocenters. The molecule has 1 aliphatic heterocycles. The van der Waals surface area contributed by atoms with Gasteiger partial charge in [0.1, 0.15) is 18.2 Å². The van der Waals surface area contributed by atoms with Gasteiger partial charge in [0.2, 0.25) is 5.62 Å². The number of aliphatic imine (C=N–C) groups is 1. The molecular weight excluding hydrogens is 416 g/mol. The van der Waals surface area contributed by atoms with E-state index in [9.17, 15) is 0 Å². The van der Waals surface area contributed by atoms with E-state index in [0.29, 0.717) is 18.8 Å². The lowest BCUT2D eigenvalue weighted by atomic mass is 10.1. The van der Waals surface area contributed by atoms with E-state index in [-0.39, 0.29) is 5.96 Å². The van der Waals surface area contributed by atoms with Crippen LogP contribution < -0.4 is 26.7 Å². The minimum Gasteiger partial charge on any atom is -0.492 e. The number of aryl methyl sites for hydroxylation is 1. The molecule has 0 radical (unpaired) electrons. The molecule has 0 amide bonds. The molecule has 0 unspecified atom stereocenters. The molecule has 2 heterocycles. The number of nitrogens with one attached hydrogen (secondary N) is 4. The highest BCUT2D eigenvalue weighted by Crippen LogP contribution is 2.13. The monoisotopic (exact) mass is 454 g/mol. The normalized spacial score (nSPS) is 13.3. The van der Waals surface area contributed by atoms with E-state index < -0.39 is 0 Å². The Kier molecular flexibility index (Phi) is 9.87. The van der Waals surface area contributed by atoms with Crippen molar-refractivity contribution in [1.82, 2.24) is 19.8 Å². The number of nitrogens with two attached hydrogens (primary N) is 1. The number of rotatable bonds is 14. The molecule has 3 rings (SSSR count). The third-order valence-corrected chi connectivity index (χ3v) is 5.74. The van der Waals surface area contributed by atoms with Crippen molar-refractivity contribution in [2.24, 2.45) is 10.7 Å².